The number of primary amides is 1. The number of carbonyl (C=O) groups is 1. The summed E-state index contributed by atoms with van der Waals surface area (Å²) >= 11 is 6.01. The van der Waals surface area contributed by atoms with Gasteiger partial charge in [-0.1, -0.05) is 17.7 Å². The van der Waals surface area contributed by atoms with E-state index in [4.69, 9.17) is 17.3 Å². The molecule has 0 atom stereocenters. The number of benzene rings is 1. The van der Waals surface area contributed by atoms with Gasteiger partial charge in [0.25, 0.3) is 0 Å². The molecule has 0 saturated carbocycles. The third-order valence-electron chi connectivity index (χ3n) is 3.41. The molecule has 1 saturated heterocycles. The van der Waals surface area contributed by atoms with Crippen molar-refractivity contribution in [3.05, 3.63) is 28.8 Å². The Labute approximate surface area is 107 Å². The van der Waals surface area contributed by atoms with Crippen LogP contribution in [0.2, 0.25) is 5.02 Å². The van der Waals surface area contributed by atoms with Crippen LogP contribution in [-0.2, 0) is 4.79 Å². The minimum absolute atomic E-state index is 0.0331. The van der Waals surface area contributed by atoms with Crippen molar-refractivity contribution in [3.63, 3.8) is 0 Å². The summed E-state index contributed by atoms with van der Waals surface area (Å²) in [5, 5.41) is 0.752. The van der Waals surface area contributed by atoms with Gasteiger partial charge in [-0.25, -0.2) is 0 Å². The number of hydrogen-bond donors (Lipinski definition) is 1. The Morgan fingerprint density at radius 1 is 1.41 bits per heavy atom. The van der Waals surface area contributed by atoms with Gasteiger partial charge in [0.2, 0.25) is 5.91 Å². The first-order valence-electron chi connectivity index (χ1n) is 5.88. The second kappa shape index (κ2) is 4.96. The number of anilines is 1. The smallest absolute Gasteiger partial charge is 0.220 e. The molecule has 1 amide bonds. The van der Waals surface area contributed by atoms with Gasteiger partial charge < -0.3 is 10.6 Å². The number of nitrogens with zero attached hydrogens (tertiary/aromatic N) is 1. The van der Waals surface area contributed by atoms with Crippen LogP contribution in [0.5, 0.6) is 0 Å². The van der Waals surface area contributed by atoms with E-state index in [-0.39, 0.29) is 11.8 Å². The van der Waals surface area contributed by atoms with Crippen molar-refractivity contribution < 1.29 is 4.79 Å². The normalized spacial score (nSPS) is 17.2. The molecule has 0 radical (unpaired) electrons. The zero-order chi connectivity index (χ0) is 12.4. The highest BCUT2D eigenvalue weighted by molar-refractivity contribution is 6.30. The lowest BCUT2D eigenvalue weighted by Crippen LogP contribution is -2.38. The third-order valence-corrected chi connectivity index (χ3v) is 3.64. The highest BCUT2D eigenvalue weighted by Gasteiger charge is 2.23. The van der Waals surface area contributed by atoms with Crippen molar-refractivity contribution in [2.24, 2.45) is 11.7 Å². The first-order valence-corrected chi connectivity index (χ1v) is 6.26. The minimum atomic E-state index is -0.174. The maximum Gasteiger partial charge on any atom is 0.220 e. The molecule has 0 aliphatic carbocycles. The molecular formula is C13H17ClN2O. The van der Waals surface area contributed by atoms with E-state index >= 15 is 0 Å². The molecular weight excluding hydrogens is 236 g/mol. The quantitative estimate of drug-likeness (QED) is 0.878. The van der Waals surface area contributed by atoms with Crippen molar-refractivity contribution >= 4 is 23.2 Å². The molecule has 92 valence electrons. The number of piperidine rings is 1. The topological polar surface area (TPSA) is 46.3 Å². The Hall–Kier alpha value is -1.22. The summed E-state index contributed by atoms with van der Waals surface area (Å²) in [6, 6.07) is 5.91. The lowest BCUT2D eigenvalue weighted by atomic mass is 9.95. The predicted octanol–water partition coefficient (Wildman–Crippen LogP) is 2.35. The average molecular weight is 253 g/mol. The first-order chi connectivity index (χ1) is 8.08. The molecule has 1 aliphatic heterocycles. The van der Waals surface area contributed by atoms with E-state index in [1.807, 2.05) is 18.2 Å². The maximum atomic E-state index is 11.1. The monoisotopic (exact) mass is 252 g/mol. The van der Waals surface area contributed by atoms with E-state index in [0.717, 1.165) is 31.0 Å². The van der Waals surface area contributed by atoms with Gasteiger partial charge in [0.05, 0.1) is 0 Å². The summed E-state index contributed by atoms with van der Waals surface area (Å²) in [5.41, 5.74) is 7.71. The van der Waals surface area contributed by atoms with Crippen LogP contribution in [0.25, 0.3) is 0 Å². The molecule has 0 bridgehead atoms. The van der Waals surface area contributed by atoms with Crippen LogP contribution in [-0.4, -0.2) is 19.0 Å². The van der Waals surface area contributed by atoms with Crippen molar-refractivity contribution in [2.45, 2.75) is 19.8 Å². The molecule has 4 heteroatoms. The molecule has 1 aliphatic rings. The van der Waals surface area contributed by atoms with Gasteiger partial charge in [0.15, 0.2) is 0 Å². The maximum absolute atomic E-state index is 11.1. The van der Waals surface area contributed by atoms with E-state index in [2.05, 4.69) is 11.8 Å². The highest BCUT2D eigenvalue weighted by atomic mass is 35.5. The van der Waals surface area contributed by atoms with Crippen molar-refractivity contribution in [3.8, 4) is 0 Å². The number of hydrogen-bond acceptors (Lipinski definition) is 2. The number of halogens is 1. The van der Waals surface area contributed by atoms with Crippen molar-refractivity contribution in [2.75, 3.05) is 18.0 Å². The average Bonchev–Trinajstić information content (AvgIpc) is 2.32. The SMILES string of the molecule is Cc1ccc(Cl)cc1N1CCC(C(N)=O)CC1. The molecule has 3 nitrogen and oxygen atoms in total. The van der Waals surface area contributed by atoms with Gasteiger partial charge >= 0.3 is 0 Å². The number of nitrogens with two attached hydrogens (primary N) is 1. The molecule has 0 spiro atoms. The summed E-state index contributed by atoms with van der Waals surface area (Å²) < 4.78 is 0. The van der Waals surface area contributed by atoms with Crippen molar-refractivity contribution in [1.82, 2.24) is 0 Å². The standard InChI is InChI=1S/C13H17ClN2O/c1-9-2-3-11(14)8-12(9)16-6-4-10(5-7-16)13(15)17/h2-3,8,10H,4-7H2,1H3,(H2,15,17). The first kappa shape index (κ1) is 12.2. The van der Waals surface area contributed by atoms with Gasteiger partial charge in [-0.05, 0) is 37.5 Å². The number of carbonyl (C=O) groups excluding carboxylic acids is 1. The Morgan fingerprint density at radius 3 is 2.65 bits per heavy atom. The van der Waals surface area contributed by atoms with E-state index in [1.54, 1.807) is 0 Å². The lowest BCUT2D eigenvalue weighted by molar-refractivity contribution is -0.122. The summed E-state index contributed by atoms with van der Waals surface area (Å²) in [4.78, 5) is 13.4. The number of aryl methyl sites for hydroxylation is 1. The largest absolute Gasteiger partial charge is 0.371 e. The number of amides is 1. The summed E-state index contributed by atoms with van der Waals surface area (Å²) in [6.07, 6.45) is 1.67. The van der Waals surface area contributed by atoms with Gasteiger partial charge in [-0.3, -0.25) is 4.79 Å². The zero-order valence-electron chi connectivity index (χ0n) is 9.95. The second-order valence-electron chi connectivity index (χ2n) is 4.59. The molecule has 0 aromatic heterocycles. The van der Waals surface area contributed by atoms with Crippen LogP contribution in [0.3, 0.4) is 0 Å². The van der Waals surface area contributed by atoms with Crippen LogP contribution in [0.1, 0.15) is 18.4 Å². The molecule has 1 aromatic carbocycles. The molecule has 2 rings (SSSR count). The van der Waals surface area contributed by atoms with Crippen LogP contribution >= 0.6 is 11.6 Å². The molecule has 1 heterocycles. The van der Waals surface area contributed by atoms with Crippen LogP contribution in [0.4, 0.5) is 5.69 Å². The second-order valence-corrected chi connectivity index (χ2v) is 5.03. The fourth-order valence-corrected chi connectivity index (χ4v) is 2.49. The van der Waals surface area contributed by atoms with Gasteiger partial charge in [0.1, 0.15) is 0 Å². The fourth-order valence-electron chi connectivity index (χ4n) is 2.33. The Bertz CT molecular complexity index is 425. The Morgan fingerprint density at radius 2 is 2.06 bits per heavy atom. The number of rotatable bonds is 2. The van der Waals surface area contributed by atoms with E-state index in [9.17, 15) is 4.79 Å². The van der Waals surface area contributed by atoms with Crippen molar-refractivity contribution in [1.29, 1.82) is 0 Å². The third kappa shape index (κ3) is 2.72. The van der Waals surface area contributed by atoms with Crippen LogP contribution in [0.15, 0.2) is 18.2 Å². The minimum Gasteiger partial charge on any atom is -0.371 e. The van der Waals surface area contributed by atoms with Crippen LogP contribution in [0, 0.1) is 12.8 Å². The predicted molar refractivity (Wildman–Crippen MR) is 70.3 cm³/mol. The highest BCUT2D eigenvalue weighted by Crippen LogP contribution is 2.28. The molecule has 1 fully saturated rings. The summed E-state index contributed by atoms with van der Waals surface area (Å²) in [6.45, 7) is 3.81. The lowest BCUT2D eigenvalue weighted by Gasteiger charge is -2.33. The fraction of sp³-hybridized carbons (Fsp3) is 0.462. The summed E-state index contributed by atoms with van der Waals surface area (Å²) in [7, 11) is 0. The molecule has 2 N–H and O–H groups in total. The van der Waals surface area contributed by atoms with Crippen LogP contribution < -0.4 is 10.6 Å². The Kier molecular flexibility index (Phi) is 3.57. The van der Waals surface area contributed by atoms with Gasteiger partial charge in [0, 0.05) is 29.7 Å². The van der Waals surface area contributed by atoms with E-state index in [0.29, 0.717) is 0 Å². The van der Waals surface area contributed by atoms with E-state index < -0.39 is 0 Å². The summed E-state index contributed by atoms with van der Waals surface area (Å²) in [5.74, 6) is -0.141. The zero-order valence-corrected chi connectivity index (χ0v) is 10.7. The van der Waals surface area contributed by atoms with Gasteiger partial charge in [-0.2, -0.15) is 0 Å². The molecule has 0 unspecified atom stereocenters. The van der Waals surface area contributed by atoms with E-state index in [1.165, 1.54) is 11.3 Å². The van der Waals surface area contributed by atoms with Gasteiger partial charge in [-0.15, -0.1) is 0 Å². The molecule has 17 heavy (non-hydrogen) atoms. The Balaban J connectivity index is 2.10. The molecule has 1 aromatic rings.